The lowest BCUT2D eigenvalue weighted by Crippen LogP contribution is -2.49. The van der Waals surface area contributed by atoms with Crippen molar-refractivity contribution in [2.75, 3.05) is 11.4 Å². The van der Waals surface area contributed by atoms with Crippen LogP contribution in [0.2, 0.25) is 0 Å². The van der Waals surface area contributed by atoms with E-state index in [1.807, 2.05) is 0 Å². The Balaban J connectivity index is 2.26. The minimum atomic E-state index is -4.55. The van der Waals surface area contributed by atoms with Crippen LogP contribution in [0, 0.1) is 5.92 Å². The van der Waals surface area contributed by atoms with E-state index in [1.165, 1.54) is 12.1 Å². The standard InChI is InChI=1S/C16H19F5N2O/c1-15(22,14(17)18)8-13(24)23(9-10-5-6-10)12-4-2-3-11(7-12)16(19,20)21/h2-4,7,10,14H,5-6,8-9,22H2,1H3. The average Bonchev–Trinajstić information content (AvgIpc) is 3.27. The molecule has 3 nitrogen and oxygen atoms in total. The number of carbonyl (C=O) groups excluding carboxylic acids is 1. The zero-order valence-electron chi connectivity index (χ0n) is 13.1. The second-order valence-corrected chi connectivity index (χ2v) is 6.48. The molecule has 1 aromatic rings. The van der Waals surface area contributed by atoms with E-state index in [0.29, 0.717) is 0 Å². The van der Waals surface area contributed by atoms with Gasteiger partial charge in [0.05, 0.1) is 17.5 Å². The Morgan fingerprint density at radius 2 is 1.96 bits per heavy atom. The minimum Gasteiger partial charge on any atom is -0.320 e. The second kappa shape index (κ2) is 6.66. The van der Waals surface area contributed by atoms with Gasteiger partial charge in [0.25, 0.3) is 6.43 Å². The predicted molar refractivity (Wildman–Crippen MR) is 79.7 cm³/mol. The number of halogens is 5. The van der Waals surface area contributed by atoms with Crippen LogP contribution >= 0.6 is 0 Å². The Hall–Kier alpha value is -1.70. The normalized spacial score (nSPS) is 17.7. The van der Waals surface area contributed by atoms with Gasteiger partial charge in [0.1, 0.15) is 0 Å². The Kier molecular flexibility index (Phi) is 5.17. The summed E-state index contributed by atoms with van der Waals surface area (Å²) in [6.07, 6.45) is -6.39. The molecule has 0 bridgehead atoms. The number of nitrogens with zero attached hydrogens (tertiary/aromatic N) is 1. The fraction of sp³-hybridized carbons (Fsp3) is 0.562. The van der Waals surface area contributed by atoms with Gasteiger partial charge in [-0.2, -0.15) is 13.2 Å². The van der Waals surface area contributed by atoms with Crippen LogP contribution in [-0.4, -0.2) is 24.4 Å². The lowest BCUT2D eigenvalue weighted by molar-refractivity contribution is -0.137. The van der Waals surface area contributed by atoms with Gasteiger partial charge in [0, 0.05) is 12.2 Å². The number of carbonyl (C=O) groups is 1. The number of rotatable bonds is 6. The molecule has 0 radical (unpaired) electrons. The fourth-order valence-corrected chi connectivity index (χ4v) is 2.26. The molecule has 0 spiro atoms. The number of hydrogen-bond acceptors (Lipinski definition) is 2. The molecule has 0 heterocycles. The average molecular weight is 350 g/mol. The predicted octanol–water partition coefficient (Wildman–Crippen LogP) is 3.82. The van der Waals surface area contributed by atoms with Crippen LogP contribution in [0.15, 0.2) is 24.3 Å². The van der Waals surface area contributed by atoms with Gasteiger partial charge in [-0.15, -0.1) is 0 Å². The van der Waals surface area contributed by atoms with E-state index in [2.05, 4.69) is 0 Å². The maximum Gasteiger partial charge on any atom is 0.416 e. The first-order chi connectivity index (χ1) is 11.0. The van der Waals surface area contributed by atoms with Crippen molar-refractivity contribution in [2.45, 2.75) is 44.3 Å². The van der Waals surface area contributed by atoms with E-state index in [1.54, 1.807) is 0 Å². The van der Waals surface area contributed by atoms with E-state index in [4.69, 9.17) is 5.73 Å². The Morgan fingerprint density at radius 1 is 1.33 bits per heavy atom. The van der Waals surface area contributed by atoms with Crippen LogP contribution in [0.1, 0.15) is 31.7 Å². The zero-order valence-corrected chi connectivity index (χ0v) is 13.1. The highest BCUT2D eigenvalue weighted by Crippen LogP contribution is 2.35. The molecule has 0 saturated heterocycles. The first-order valence-electron chi connectivity index (χ1n) is 7.55. The van der Waals surface area contributed by atoms with Crippen molar-refractivity contribution in [1.29, 1.82) is 0 Å². The zero-order chi connectivity index (χ0) is 18.1. The van der Waals surface area contributed by atoms with E-state index < -0.39 is 36.0 Å². The van der Waals surface area contributed by atoms with Crippen LogP contribution in [0.5, 0.6) is 0 Å². The fourth-order valence-electron chi connectivity index (χ4n) is 2.26. The Labute approximate surface area is 136 Å². The molecule has 134 valence electrons. The van der Waals surface area contributed by atoms with Gasteiger partial charge in [-0.05, 0) is 43.9 Å². The highest BCUT2D eigenvalue weighted by atomic mass is 19.4. The van der Waals surface area contributed by atoms with Crippen LogP contribution < -0.4 is 10.6 Å². The molecule has 24 heavy (non-hydrogen) atoms. The summed E-state index contributed by atoms with van der Waals surface area (Å²) in [5.74, 6) is -0.523. The van der Waals surface area contributed by atoms with Crippen LogP contribution in [0.4, 0.5) is 27.6 Å². The van der Waals surface area contributed by atoms with Crippen molar-refractivity contribution in [2.24, 2.45) is 11.7 Å². The molecular weight excluding hydrogens is 331 g/mol. The van der Waals surface area contributed by atoms with Crippen molar-refractivity contribution in [3.8, 4) is 0 Å². The van der Waals surface area contributed by atoms with Gasteiger partial charge in [-0.1, -0.05) is 6.07 Å². The number of alkyl halides is 5. The first-order valence-corrected chi connectivity index (χ1v) is 7.55. The largest absolute Gasteiger partial charge is 0.416 e. The summed E-state index contributed by atoms with van der Waals surface area (Å²) in [5, 5.41) is 0. The first kappa shape index (κ1) is 18.6. The monoisotopic (exact) mass is 350 g/mol. The number of hydrogen-bond donors (Lipinski definition) is 1. The summed E-state index contributed by atoms with van der Waals surface area (Å²) in [6, 6.07) is 4.32. The van der Waals surface area contributed by atoms with Gasteiger partial charge in [-0.25, -0.2) is 8.78 Å². The minimum absolute atomic E-state index is 0.0480. The molecule has 2 N–H and O–H groups in total. The van der Waals surface area contributed by atoms with Gasteiger partial charge >= 0.3 is 6.18 Å². The third kappa shape index (κ3) is 4.66. The molecule has 1 aliphatic carbocycles. The maximum atomic E-state index is 12.9. The lowest BCUT2D eigenvalue weighted by atomic mass is 9.98. The summed E-state index contributed by atoms with van der Waals surface area (Å²) in [5.41, 5.74) is 2.57. The van der Waals surface area contributed by atoms with Gasteiger partial charge < -0.3 is 10.6 Å². The molecule has 0 aliphatic heterocycles. The summed E-state index contributed by atoms with van der Waals surface area (Å²) in [4.78, 5) is 13.6. The summed E-state index contributed by atoms with van der Waals surface area (Å²) in [7, 11) is 0. The quantitative estimate of drug-likeness (QED) is 0.793. The molecule has 1 atom stereocenters. The van der Waals surface area contributed by atoms with E-state index in [0.717, 1.165) is 36.8 Å². The molecule has 1 aromatic carbocycles. The smallest absolute Gasteiger partial charge is 0.320 e. The highest BCUT2D eigenvalue weighted by molar-refractivity contribution is 5.94. The third-order valence-corrected chi connectivity index (χ3v) is 3.95. The van der Waals surface area contributed by atoms with E-state index in [9.17, 15) is 26.7 Å². The second-order valence-electron chi connectivity index (χ2n) is 6.48. The molecule has 0 aromatic heterocycles. The molecule has 1 amide bonds. The SMILES string of the molecule is CC(N)(CC(=O)N(CC1CC1)c1cccc(C(F)(F)F)c1)C(F)F. The van der Waals surface area contributed by atoms with Crippen LogP contribution in [0.25, 0.3) is 0 Å². The van der Waals surface area contributed by atoms with Gasteiger partial charge in [-0.3, -0.25) is 4.79 Å². The van der Waals surface area contributed by atoms with Crippen molar-refractivity contribution in [3.63, 3.8) is 0 Å². The third-order valence-electron chi connectivity index (χ3n) is 3.95. The van der Waals surface area contributed by atoms with Crippen molar-refractivity contribution in [1.82, 2.24) is 0 Å². The molecule has 1 saturated carbocycles. The lowest BCUT2D eigenvalue weighted by Gasteiger charge is -2.29. The summed E-state index contributed by atoms with van der Waals surface area (Å²) >= 11 is 0. The number of amides is 1. The molecule has 2 rings (SSSR count). The highest BCUT2D eigenvalue weighted by Gasteiger charge is 2.37. The van der Waals surface area contributed by atoms with Crippen molar-refractivity contribution >= 4 is 11.6 Å². The summed E-state index contributed by atoms with van der Waals surface area (Å²) in [6.45, 7) is 1.26. The van der Waals surface area contributed by atoms with Gasteiger partial charge in [0.15, 0.2) is 0 Å². The van der Waals surface area contributed by atoms with Crippen LogP contribution in [-0.2, 0) is 11.0 Å². The summed E-state index contributed by atoms with van der Waals surface area (Å²) < 4.78 is 64.4. The molecule has 8 heteroatoms. The number of benzene rings is 1. The molecule has 1 unspecified atom stereocenters. The van der Waals surface area contributed by atoms with E-state index >= 15 is 0 Å². The molecule has 1 aliphatic rings. The molecular formula is C16H19F5N2O. The number of anilines is 1. The van der Waals surface area contributed by atoms with Crippen molar-refractivity contribution < 1.29 is 26.7 Å². The van der Waals surface area contributed by atoms with Crippen LogP contribution in [0.3, 0.4) is 0 Å². The molecule has 1 fully saturated rings. The van der Waals surface area contributed by atoms with Crippen molar-refractivity contribution in [3.05, 3.63) is 29.8 Å². The topological polar surface area (TPSA) is 46.3 Å². The van der Waals surface area contributed by atoms with E-state index in [-0.39, 0.29) is 18.2 Å². The Morgan fingerprint density at radius 3 is 2.46 bits per heavy atom. The Bertz CT molecular complexity index is 596. The maximum absolute atomic E-state index is 12.9. The number of nitrogens with two attached hydrogens (primary N) is 1. The van der Waals surface area contributed by atoms with Gasteiger partial charge in [0.2, 0.25) is 5.91 Å².